The van der Waals surface area contributed by atoms with Crippen molar-refractivity contribution in [2.75, 3.05) is 5.32 Å². The van der Waals surface area contributed by atoms with Crippen LogP contribution < -0.4 is 10.7 Å². The molecule has 1 aliphatic rings. The van der Waals surface area contributed by atoms with E-state index in [-0.39, 0.29) is 23.0 Å². The molecule has 0 aromatic heterocycles. The number of phenols is 2. The van der Waals surface area contributed by atoms with Gasteiger partial charge in [0.2, 0.25) is 5.91 Å². The van der Waals surface area contributed by atoms with E-state index in [4.69, 9.17) is 0 Å². The van der Waals surface area contributed by atoms with E-state index in [1.54, 1.807) is 31.2 Å². The molecule has 2 amide bonds. The van der Waals surface area contributed by atoms with Crippen molar-refractivity contribution in [1.29, 1.82) is 0 Å². The normalized spacial score (nSPS) is 18.6. The molecule has 2 aromatic carbocycles. The lowest BCUT2D eigenvalue weighted by atomic mass is 9.78. The van der Waals surface area contributed by atoms with Crippen molar-refractivity contribution in [3.63, 3.8) is 0 Å². The first-order valence-corrected chi connectivity index (χ1v) is 10.3. The summed E-state index contributed by atoms with van der Waals surface area (Å²) in [6.07, 6.45) is 2.66. The van der Waals surface area contributed by atoms with Gasteiger partial charge in [-0.15, -0.1) is 0 Å². The summed E-state index contributed by atoms with van der Waals surface area (Å²) in [6.45, 7) is 1.66. The number of aliphatic carboxylic acids is 1. The third-order valence-corrected chi connectivity index (χ3v) is 5.52. The summed E-state index contributed by atoms with van der Waals surface area (Å²) in [7, 11) is 0. The second-order valence-electron chi connectivity index (χ2n) is 7.75. The largest absolute Gasteiger partial charge is 0.508 e. The molecule has 1 fully saturated rings. The van der Waals surface area contributed by atoms with Crippen LogP contribution in [0, 0.1) is 11.8 Å². The SMILES string of the molecule is C/C(=N/NC(=O)c1cc(O)ccc1O)c1cccc(NC(=O)[C@@H]2CCCC[C@@H]2C(=O)O)c1. The minimum Gasteiger partial charge on any atom is -0.508 e. The van der Waals surface area contributed by atoms with Gasteiger partial charge in [-0.2, -0.15) is 5.10 Å². The molecule has 0 unspecified atom stereocenters. The molecule has 0 spiro atoms. The summed E-state index contributed by atoms with van der Waals surface area (Å²) in [5.41, 5.74) is 3.76. The van der Waals surface area contributed by atoms with Gasteiger partial charge in [0, 0.05) is 5.69 Å². The van der Waals surface area contributed by atoms with Crippen molar-refractivity contribution in [2.24, 2.45) is 16.9 Å². The van der Waals surface area contributed by atoms with E-state index in [1.165, 1.54) is 12.1 Å². The Hall–Kier alpha value is -3.88. The zero-order chi connectivity index (χ0) is 23.3. The van der Waals surface area contributed by atoms with Crippen LogP contribution in [-0.2, 0) is 9.59 Å². The highest BCUT2D eigenvalue weighted by Gasteiger charge is 2.35. The summed E-state index contributed by atoms with van der Waals surface area (Å²) in [4.78, 5) is 36.4. The molecule has 168 valence electrons. The number of hydrogen-bond acceptors (Lipinski definition) is 6. The molecule has 0 heterocycles. The van der Waals surface area contributed by atoms with E-state index in [9.17, 15) is 29.7 Å². The molecular formula is C23H25N3O6. The maximum absolute atomic E-state index is 12.7. The molecule has 3 rings (SSSR count). The van der Waals surface area contributed by atoms with Crippen LogP contribution in [0.2, 0.25) is 0 Å². The first-order valence-electron chi connectivity index (χ1n) is 10.3. The number of hydrazone groups is 1. The molecule has 2 atom stereocenters. The van der Waals surface area contributed by atoms with Crippen LogP contribution in [0.15, 0.2) is 47.6 Å². The molecule has 9 nitrogen and oxygen atoms in total. The van der Waals surface area contributed by atoms with Crippen LogP contribution in [0.4, 0.5) is 5.69 Å². The number of phenolic OH excluding ortho intramolecular Hbond substituents is 2. The van der Waals surface area contributed by atoms with Crippen molar-refractivity contribution in [3.8, 4) is 11.5 Å². The van der Waals surface area contributed by atoms with Gasteiger partial charge in [0.15, 0.2) is 0 Å². The third kappa shape index (κ3) is 5.42. The van der Waals surface area contributed by atoms with Gasteiger partial charge in [-0.3, -0.25) is 14.4 Å². The molecule has 5 N–H and O–H groups in total. The fraction of sp³-hybridized carbons (Fsp3) is 0.304. The maximum Gasteiger partial charge on any atom is 0.307 e. The number of carbonyl (C=O) groups excluding carboxylic acids is 2. The lowest BCUT2D eigenvalue weighted by molar-refractivity contribution is -0.147. The molecule has 1 saturated carbocycles. The van der Waals surface area contributed by atoms with Crippen LogP contribution in [0.1, 0.15) is 48.5 Å². The van der Waals surface area contributed by atoms with Crippen molar-refractivity contribution < 1.29 is 29.7 Å². The number of amides is 2. The lowest BCUT2D eigenvalue weighted by Gasteiger charge is -2.27. The highest BCUT2D eigenvalue weighted by molar-refractivity contribution is 6.03. The van der Waals surface area contributed by atoms with Gasteiger partial charge in [-0.05, 0) is 55.7 Å². The average Bonchev–Trinajstić information content (AvgIpc) is 2.78. The van der Waals surface area contributed by atoms with Crippen LogP contribution in [0.3, 0.4) is 0 Å². The maximum atomic E-state index is 12.7. The quantitative estimate of drug-likeness (QED) is 0.265. The first kappa shape index (κ1) is 22.8. The molecule has 2 aromatic rings. The van der Waals surface area contributed by atoms with Gasteiger partial charge in [-0.25, -0.2) is 5.43 Å². The van der Waals surface area contributed by atoms with Gasteiger partial charge in [0.05, 0.1) is 23.1 Å². The van der Waals surface area contributed by atoms with Gasteiger partial charge in [0.1, 0.15) is 11.5 Å². The Morgan fingerprint density at radius 2 is 1.72 bits per heavy atom. The van der Waals surface area contributed by atoms with Crippen LogP contribution in [-0.4, -0.2) is 38.8 Å². The zero-order valence-electron chi connectivity index (χ0n) is 17.5. The number of nitrogens with one attached hydrogen (secondary N) is 2. The van der Waals surface area contributed by atoms with Gasteiger partial charge < -0.3 is 20.6 Å². The number of aromatic hydroxyl groups is 2. The highest BCUT2D eigenvalue weighted by atomic mass is 16.4. The molecular weight excluding hydrogens is 414 g/mol. The smallest absolute Gasteiger partial charge is 0.307 e. The number of rotatable bonds is 6. The average molecular weight is 439 g/mol. The number of anilines is 1. The molecule has 0 saturated heterocycles. The van der Waals surface area contributed by atoms with Crippen molar-refractivity contribution >= 4 is 29.2 Å². The van der Waals surface area contributed by atoms with Gasteiger partial charge in [0.25, 0.3) is 5.91 Å². The number of hydrogen-bond donors (Lipinski definition) is 5. The minimum absolute atomic E-state index is 0.122. The predicted molar refractivity (Wildman–Crippen MR) is 118 cm³/mol. The van der Waals surface area contributed by atoms with Crippen LogP contribution in [0.5, 0.6) is 11.5 Å². The van der Waals surface area contributed by atoms with E-state index in [0.717, 1.165) is 18.9 Å². The van der Waals surface area contributed by atoms with Crippen molar-refractivity contribution in [1.82, 2.24) is 5.43 Å². The standard InChI is InChI=1S/C23H25N3O6/c1-13(25-26-22(30)19-12-16(27)9-10-20(19)28)14-5-4-6-15(11-14)24-21(29)17-7-2-3-8-18(17)23(31)32/h4-6,9-12,17-18,27-28H,2-3,7-8H2,1H3,(H,24,29)(H,26,30)(H,31,32)/b25-13-/t17-,18+/m1/s1. The summed E-state index contributed by atoms with van der Waals surface area (Å²) in [5.74, 6) is -3.68. The number of nitrogens with zero attached hydrogens (tertiary/aromatic N) is 1. The number of carboxylic acid groups (broad SMARTS) is 1. The first-order chi connectivity index (χ1) is 15.3. The Bertz CT molecular complexity index is 1070. The van der Waals surface area contributed by atoms with E-state index >= 15 is 0 Å². The Morgan fingerprint density at radius 1 is 1.00 bits per heavy atom. The molecule has 9 heteroatoms. The highest BCUT2D eigenvalue weighted by Crippen LogP contribution is 2.31. The molecule has 32 heavy (non-hydrogen) atoms. The Morgan fingerprint density at radius 3 is 2.44 bits per heavy atom. The summed E-state index contributed by atoms with van der Waals surface area (Å²) in [5, 5.41) is 35.5. The lowest BCUT2D eigenvalue weighted by Crippen LogP contribution is -2.36. The summed E-state index contributed by atoms with van der Waals surface area (Å²) in [6, 6.07) is 10.4. The molecule has 0 radical (unpaired) electrons. The Balaban J connectivity index is 1.69. The van der Waals surface area contributed by atoms with Gasteiger partial charge >= 0.3 is 5.97 Å². The molecule has 1 aliphatic carbocycles. The van der Waals surface area contributed by atoms with E-state index in [1.807, 2.05) is 0 Å². The van der Waals surface area contributed by atoms with E-state index < -0.39 is 23.7 Å². The second-order valence-corrected chi connectivity index (χ2v) is 7.75. The van der Waals surface area contributed by atoms with Crippen LogP contribution in [0.25, 0.3) is 0 Å². The molecule has 0 aliphatic heterocycles. The summed E-state index contributed by atoms with van der Waals surface area (Å²) >= 11 is 0. The van der Waals surface area contributed by atoms with Crippen molar-refractivity contribution in [3.05, 3.63) is 53.6 Å². The number of benzene rings is 2. The van der Waals surface area contributed by atoms with Gasteiger partial charge in [-0.1, -0.05) is 25.0 Å². The van der Waals surface area contributed by atoms with E-state index in [0.29, 0.717) is 29.8 Å². The van der Waals surface area contributed by atoms with Crippen LogP contribution >= 0.6 is 0 Å². The zero-order valence-corrected chi connectivity index (χ0v) is 17.5. The fourth-order valence-electron chi connectivity index (χ4n) is 3.76. The molecule has 0 bridgehead atoms. The number of carbonyl (C=O) groups is 3. The third-order valence-electron chi connectivity index (χ3n) is 5.52. The number of carboxylic acids is 1. The topological polar surface area (TPSA) is 148 Å². The monoisotopic (exact) mass is 439 g/mol. The predicted octanol–water partition coefficient (Wildman–Crippen LogP) is 3.08. The Labute approximate surface area is 184 Å². The van der Waals surface area contributed by atoms with Crippen molar-refractivity contribution in [2.45, 2.75) is 32.6 Å². The minimum atomic E-state index is -0.949. The summed E-state index contributed by atoms with van der Waals surface area (Å²) < 4.78 is 0. The Kier molecular flexibility index (Phi) is 7.09. The second kappa shape index (κ2) is 9.95. The van der Waals surface area contributed by atoms with E-state index in [2.05, 4.69) is 15.8 Å². The fourth-order valence-corrected chi connectivity index (χ4v) is 3.76.